The molecule has 0 aromatic heterocycles. The molecule has 0 radical (unpaired) electrons. The molecule has 3 unspecified atom stereocenters. The summed E-state index contributed by atoms with van der Waals surface area (Å²) in [6.07, 6.45) is 1.66. The molecule has 0 aromatic carbocycles. The van der Waals surface area contributed by atoms with Gasteiger partial charge < -0.3 is 9.84 Å². The van der Waals surface area contributed by atoms with E-state index in [1.54, 1.807) is 0 Å². The van der Waals surface area contributed by atoms with E-state index < -0.39 is 6.29 Å². The summed E-state index contributed by atoms with van der Waals surface area (Å²) in [6, 6.07) is 0. The van der Waals surface area contributed by atoms with Crippen molar-refractivity contribution in [3.05, 3.63) is 0 Å². The van der Waals surface area contributed by atoms with E-state index in [1.165, 1.54) is 0 Å². The number of hydrogen-bond donors (Lipinski definition) is 1. The largest absolute Gasteiger partial charge is 0.368 e. The quantitative estimate of drug-likeness (QED) is 0.634. The first-order chi connectivity index (χ1) is 4.75. The number of aliphatic hydroxyl groups is 1. The number of aliphatic hydroxyl groups excluding tert-OH is 1. The Kier molecular flexibility index (Phi) is 2.69. The topological polar surface area (TPSA) is 29.5 Å². The van der Waals surface area contributed by atoms with Crippen LogP contribution in [0.3, 0.4) is 0 Å². The molecular weight excluding hydrogens is 128 g/mol. The van der Waals surface area contributed by atoms with Crippen LogP contribution >= 0.6 is 0 Å². The number of hydrogen-bond acceptors (Lipinski definition) is 2. The van der Waals surface area contributed by atoms with E-state index in [0.29, 0.717) is 11.8 Å². The van der Waals surface area contributed by atoms with Gasteiger partial charge >= 0.3 is 0 Å². The molecular formula is C8H16O2. The predicted octanol–water partition coefficient (Wildman–Crippen LogP) is 1.39. The normalized spacial score (nSPS) is 36.3. The van der Waals surface area contributed by atoms with Gasteiger partial charge in [-0.1, -0.05) is 20.3 Å². The van der Waals surface area contributed by atoms with Crippen LogP contribution < -0.4 is 0 Å². The van der Waals surface area contributed by atoms with Gasteiger partial charge in [0.05, 0.1) is 6.61 Å². The molecule has 3 atom stereocenters. The summed E-state index contributed by atoms with van der Waals surface area (Å²) in [5, 5.41) is 9.27. The molecule has 1 fully saturated rings. The monoisotopic (exact) mass is 144 g/mol. The fraction of sp³-hybridized carbons (Fsp3) is 1.00. The van der Waals surface area contributed by atoms with Gasteiger partial charge in [-0.15, -0.1) is 0 Å². The van der Waals surface area contributed by atoms with E-state index in [-0.39, 0.29) is 0 Å². The van der Waals surface area contributed by atoms with Crippen molar-refractivity contribution < 1.29 is 9.84 Å². The highest BCUT2D eigenvalue weighted by molar-refractivity contribution is 4.72. The average Bonchev–Trinajstić information content (AvgIpc) is 2.34. The molecule has 1 rings (SSSR count). The minimum atomic E-state index is -0.491. The first kappa shape index (κ1) is 8.02. The standard InChI is InChI=1S/C8H16O2/c1-3-6(2)7-4-5-10-8(7)9/h6-9H,3-5H2,1-2H3. The SMILES string of the molecule is CCC(C)C1CCOC1O. The van der Waals surface area contributed by atoms with Crippen LogP contribution in [0.5, 0.6) is 0 Å². The minimum absolute atomic E-state index is 0.380. The zero-order valence-corrected chi connectivity index (χ0v) is 6.71. The maximum atomic E-state index is 9.27. The number of ether oxygens (including phenoxy) is 1. The second-order valence-corrected chi connectivity index (χ2v) is 3.10. The summed E-state index contributed by atoms with van der Waals surface area (Å²) in [6.45, 7) is 5.05. The van der Waals surface area contributed by atoms with Crippen molar-refractivity contribution in [3.8, 4) is 0 Å². The Bertz CT molecular complexity index is 103. The molecule has 10 heavy (non-hydrogen) atoms. The molecule has 60 valence electrons. The van der Waals surface area contributed by atoms with Gasteiger partial charge in [-0.25, -0.2) is 0 Å². The Hall–Kier alpha value is -0.0800. The zero-order chi connectivity index (χ0) is 7.56. The molecule has 0 aliphatic carbocycles. The molecule has 1 N–H and O–H groups in total. The lowest BCUT2D eigenvalue weighted by Crippen LogP contribution is -2.21. The van der Waals surface area contributed by atoms with Crippen molar-refractivity contribution in [1.82, 2.24) is 0 Å². The number of rotatable bonds is 2. The Labute approximate surface area is 62.2 Å². The summed E-state index contributed by atoms with van der Waals surface area (Å²) in [4.78, 5) is 0. The molecule has 2 heteroatoms. The van der Waals surface area contributed by atoms with Crippen LogP contribution in [0.15, 0.2) is 0 Å². The van der Waals surface area contributed by atoms with E-state index in [2.05, 4.69) is 13.8 Å². The molecule has 1 aliphatic rings. The van der Waals surface area contributed by atoms with Crippen LogP contribution in [0.25, 0.3) is 0 Å². The van der Waals surface area contributed by atoms with Crippen molar-refractivity contribution in [1.29, 1.82) is 0 Å². The Balaban J connectivity index is 2.38. The van der Waals surface area contributed by atoms with Gasteiger partial charge in [0, 0.05) is 5.92 Å². The van der Waals surface area contributed by atoms with Crippen LogP contribution in [0.1, 0.15) is 26.7 Å². The maximum Gasteiger partial charge on any atom is 0.157 e. The first-order valence-electron chi connectivity index (χ1n) is 4.05. The van der Waals surface area contributed by atoms with Crippen LogP contribution in [0.4, 0.5) is 0 Å². The maximum absolute atomic E-state index is 9.27. The van der Waals surface area contributed by atoms with Gasteiger partial charge in [-0.3, -0.25) is 0 Å². The third-order valence-corrected chi connectivity index (χ3v) is 2.48. The summed E-state index contributed by atoms with van der Waals surface area (Å²) < 4.78 is 5.04. The smallest absolute Gasteiger partial charge is 0.157 e. The predicted molar refractivity (Wildman–Crippen MR) is 39.5 cm³/mol. The Morgan fingerprint density at radius 3 is 2.80 bits per heavy atom. The molecule has 1 aliphatic heterocycles. The molecule has 0 bridgehead atoms. The van der Waals surface area contributed by atoms with Gasteiger partial charge in [0.25, 0.3) is 0 Å². The second-order valence-electron chi connectivity index (χ2n) is 3.10. The highest BCUT2D eigenvalue weighted by Gasteiger charge is 2.29. The third-order valence-electron chi connectivity index (χ3n) is 2.48. The van der Waals surface area contributed by atoms with Gasteiger partial charge in [0.2, 0.25) is 0 Å². The molecule has 0 amide bonds. The van der Waals surface area contributed by atoms with E-state index in [9.17, 15) is 5.11 Å². The molecule has 0 saturated carbocycles. The zero-order valence-electron chi connectivity index (χ0n) is 6.71. The van der Waals surface area contributed by atoms with Gasteiger partial charge in [0.15, 0.2) is 6.29 Å². The average molecular weight is 144 g/mol. The fourth-order valence-electron chi connectivity index (χ4n) is 1.46. The van der Waals surface area contributed by atoms with Crippen molar-refractivity contribution in [2.45, 2.75) is 33.0 Å². The highest BCUT2D eigenvalue weighted by Crippen LogP contribution is 2.28. The summed E-state index contributed by atoms with van der Waals surface area (Å²) in [5.74, 6) is 0.975. The minimum Gasteiger partial charge on any atom is -0.368 e. The van der Waals surface area contributed by atoms with Crippen LogP contribution in [-0.2, 0) is 4.74 Å². The van der Waals surface area contributed by atoms with E-state index >= 15 is 0 Å². The first-order valence-corrected chi connectivity index (χ1v) is 4.05. The fourth-order valence-corrected chi connectivity index (χ4v) is 1.46. The van der Waals surface area contributed by atoms with Gasteiger partial charge in [-0.2, -0.15) is 0 Å². The van der Waals surface area contributed by atoms with E-state index in [1.807, 2.05) is 0 Å². The Morgan fingerprint density at radius 1 is 1.70 bits per heavy atom. The van der Waals surface area contributed by atoms with Crippen LogP contribution in [0, 0.1) is 11.8 Å². The molecule has 2 nitrogen and oxygen atoms in total. The molecule has 1 heterocycles. The van der Waals surface area contributed by atoms with Crippen LogP contribution in [-0.4, -0.2) is 18.0 Å². The summed E-state index contributed by atoms with van der Waals surface area (Å²) in [5.41, 5.74) is 0. The molecule has 1 saturated heterocycles. The lowest BCUT2D eigenvalue weighted by molar-refractivity contribution is -0.0917. The van der Waals surface area contributed by atoms with Crippen molar-refractivity contribution in [3.63, 3.8) is 0 Å². The van der Waals surface area contributed by atoms with E-state index in [0.717, 1.165) is 19.4 Å². The third kappa shape index (κ3) is 1.50. The second kappa shape index (κ2) is 3.35. The van der Waals surface area contributed by atoms with Gasteiger partial charge in [0.1, 0.15) is 0 Å². The van der Waals surface area contributed by atoms with Crippen molar-refractivity contribution >= 4 is 0 Å². The van der Waals surface area contributed by atoms with Crippen molar-refractivity contribution in [2.24, 2.45) is 11.8 Å². The van der Waals surface area contributed by atoms with Crippen molar-refractivity contribution in [2.75, 3.05) is 6.61 Å². The molecule has 0 aromatic rings. The summed E-state index contributed by atoms with van der Waals surface area (Å²) >= 11 is 0. The highest BCUT2D eigenvalue weighted by atomic mass is 16.6. The lowest BCUT2D eigenvalue weighted by atomic mass is 9.90. The molecule has 0 spiro atoms. The lowest BCUT2D eigenvalue weighted by Gasteiger charge is -2.18. The van der Waals surface area contributed by atoms with Gasteiger partial charge in [-0.05, 0) is 12.3 Å². The van der Waals surface area contributed by atoms with Crippen LogP contribution in [0.2, 0.25) is 0 Å². The Morgan fingerprint density at radius 2 is 2.40 bits per heavy atom. The van der Waals surface area contributed by atoms with E-state index in [4.69, 9.17) is 4.74 Å². The summed E-state index contributed by atoms with van der Waals surface area (Å²) in [7, 11) is 0.